The first-order valence-corrected chi connectivity index (χ1v) is 8.08. The molecule has 0 amide bonds. The summed E-state index contributed by atoms with van der Waals surface area (Å²) in [5, 5.41) is 5.19. The fraction of sp³-hybridized carbons (Fsp3) is 0.438. The normalized spacial score (nSPS) is 14.3. The highest BCUT2D eigenvalue weighted by Crippen LogP contribution is 2.40. The standard InChI is InChI=1S/C16H20N4S/c1-9-7-10(2)18-13(8-9)21-16-11(3)14(17-4)19-15(20-16)12-5-6-12/h7-8,12H,5-6H2,1-4H3,(H,17,19,20). The van der Waals surface area contributed by atoms with Crippen LogP contribution in [0, 0.1) is 20.8 Å². The molecule has 0 radical (unpaired) electrons. The Hall–Kier alpha value is -1.62. The van der Waals surface area contributed by atoms with Crippen LogP contribution in [-0.4, -0.2) is 22.0 Å². The number of anilines is 1. The monoisotopic (exact) mass is 300 g/mol. The number of nitrogens with one attached hydrogen (secondary N) is 1. The molecule has 0 bridgehead atoms. The Balaban J connectivity index is 1.98. The third-order valence-electron chi connectivity index (χ3n) is 3.57. The highest BCUT2D eigenvalue weighted by molar-refractivity contribution is 7.99. The third kappa shape index (κ3) is 3.18. The van der Waals surface area contributed by atoms with Gasteiger partial charge < -0.3 is 5.32 Å². The molecular formula is C16H20N4S. The van der Waals surface area contributed by atoms with Crippen LogP contribution in [-0.2, 0) is 0 Å². The highest BCUT2D eigenvalue weighted by atomic mass is 32.2. The van der Waals surface area contributed by atoms with Crippen LogP contribution in [0.3, 0.4) is 0 Å². The maximum absolute atomic E-state index is 4.77. The van der Waals surface area contributed by atoms with Crippen molar-refractivity contribution in [1.29, 1.82) is 0 Å². The minimum atomic E-state index is 0.546. The molecule has 0 spiro atoms. The number of rotatable bonds is 4. The maximum atomic E-state index is 4.77. The van der Waals surface area contributed by atoms with E-state index in [0.717, 1.165) is 33.0 Å². The second kappa shape index (κ2) is 5.64. The summed E-state index contributed by atoms with van der Waals surface area (Å²) in [5.74, 6) is 2.44. The number of aromatic nitrogens is 3. The summed E-state index contributed by atoms with van der Waals surface area (Å²) >= 11 is 1.63. The molecule has 4 nitrogen and oxygen atoms in total. The van der Waals surface area contributed by atoms with E-state index in [9.17, 15) is 0 Å². The van der Waals surface area contributed by atoms with Gasteiger partial charge in [0.2, 0.25) is 0 Å². The van der Waals surface area contributed by atoms with Crippen molar-refractivity contribution in [3.8, 4) is 0 Å². The van der Waals surface area contributed by atoms with Gasteiger partial charge in [-0.1, -0.05) is 0 Å². The second-order valence-corrected chi connectivity index (χ2v) is 6.62. The first kappa shape index (κ1) is 14.3. The van der Waals surface area contributed by atoms with Crippen LogP contribution in [0.5, 0.6) is 0 Å². The average Bonchev–Trinajstić information content (AvgIpc) is 3.24. The minimum Gasteiger partial charge on any atom is -0.373 e. The van der Waals surface area contributed by atoms with Gasteiger partial charge in [0.25, 0.3) is 0 Å². The van der Waals surface area contributed by atoms with Crippen LogP contribution in [0.1, 0.15) is 41.4 Å². The SMILES string of the molecule is CNc1nc(C2CC2)nc(Sc2cc(C)cc(C)n2)c1C. The van der Waals surface area contributed by atoms with Crippen molar-refractivity contribution in [2.75, 3.05) is 12.4 Å². The van der Waals surface area contributed by atoms with Crippen LogP contribution in [0.15, 0.2) is 22.2 Å². The Bertz CT molecular complexity index is 660. The summed E-state index contributed by atoms with van der Waals surface area (Å²) in [7, 11) is 1.91. The first-order valence-electron chi connectivity index (χ1n) is 7.26. The lowest BCUT2D eigenvalue weighted by molar-refractivity contribution is 0.863. The summed E-state index contributed by atoms with van der Waals surface area (Å²) in [6.07, 6.45) is 2.41. The van der Waals surface area contributed by atoms with Crippen LogP contribution >= 0.6 is 11.8 Å². The van der Waals surface area contributed by atoms with E-state index in [-0.39, 0.29) is 0 Å². The molecule has 1 N–H and O–H groups in total. The number of hydrogen-bond donors (Lipinski definition) is 1. The Labute approximate surface area is 129 Å². The largest absolute Gasteiger partial charge is 0.373 e. The molecule has 110 valence electrons. The van der Waals surface area contributed by atoms with Crippen molar-refractivity contribution in [2.24, 2.45) is 0 Å². The van der Waals surface area contributed by atoms with Crippen LogP contribution < -0.4 is 5.32 Å². The van der Waals surface area contributed by atoms with Crippen molar-refractivity contribution in [1.82, 2.24) is 15.0 Å². The van der Waals surface area contributed by atoms with E-state index in [1.54, 1.807) is 11.8 Å². The molecule has 2 heterocycles. The van der Waals surface area contributed by atoms with Gasteiger partial charge in [-0.25, -0.2) is 15.0 Å². The lowest BCUT2D eigenvalue weighted by atomic mass is 10.3. The molecule has 2 aromatic rings. The molecule has 5 heteroatoms. The van der Waals surface area contributed by atoms with Gasteiger partial charge in [0, 0.05) is 24.2 Å². The molecule has 1 aliphatic carbocycles. The number of aryl methyl sites for hydroxylation is 2. The van der Waals surface area contributed by atoms with Crippen molar-refractivity contribution in [3.05, 3.63) is 34.8 Å². The van der Waals surface area contributed by atoms with Crippen molar-refractivity contribution >= 4 is 17.6 Å². The summed E-state index contributed by atoms with van der Waals surface area (Å²) in [6.45, 7) is 6.19. The molecular weight excluding hydrogens is 280 g/mol. The zero-order chi connectivity index (χ0) is 15.0. The van der Waals surface area contributed by atoms with E-state index in [2.05, 4.69) is 41.3 Å². The average molecular weight is 300 g/mol. The summed E-state index contributed by atoms with van der Waals surface area (Å²) < 4.78 is 0. The van der Waals surface area contributed by atoms with E-state index < -0.39 is 0 Å². The van der Waals surface area contributed by atoms with Gasteiger partial charge in [0.05, 0.1) is 0 Å². The molecule has 0 unspecified atom stereocenters. The third-order valence-corrected chi connectivity index (χ3v) is 4.58. The Morgan fingerprint density at radius 3 is 2.48 bits per heavy atom. The lowest BCUT2D eigenvalue weighted by Gasteiger charge is -2.11. The van der Waals surface area contributed by atoms with E-state index in [1.165, 1.54) is 18.4 Å². The van der Waals surface area contributed by atoms with Crippen molar-refractivity contribution in [3.63, 3.8) is 0 Å². The molecule has 0 atom stereocenters. The molecule has 3 rings (SSSR count). The Morgan fingerprint density at radius 2 is 1.86 bits per heavy atom. The Morgan fingerprint density at radius 1 is 1.10 bits per heavy atom. The van der Waals surface area contributed by atoms with Gasteiger partial charge in [-0.15, -0.1) is 0 Å². The molecule has 21 heavy (non-hydrogen) atoms. The van der Waals surface area contributed by atoms with E-state index >= 15 is 0 Å². The first-order chi connectivity index (χ1) is 10.1. The van der Waals surface area contributed by atoms with Crippen molar-refractivity contribution < 1.29 is 0 Å². The quantitative estimate of drug-likeness (QED) is 0.869. The molecule has 0 aromatic carbocycles. The van der Waals surface area contributed by atoms with E-state index in [0.29, 0.717) is 5.92 Å². The summed E-state index contributed by atoms with van der Waals surface area (Å²) in [4.78, 5) is 14.0. The van der Waals surface area contributed by atoms with E-state index in [1.807, 2.05) is 14.0 Å². The fourth-order valence-corrected chi connectivity index (χ4v) is 3.36. The lowest BCUT2D eigenvalue weighted by Crippen LogP contribution is -2.04. The zero-order valence-corrected chi connectivity index (χ0v) is 13.7. The topological polar surface area (TPSA) is 50.7 Å². The van der Waals surface area contributed by atoms with Gasteiger partial charge in [0.15, 0.2) is 0 Å². The van der Waals surface area contributed by atoms with Crippen LogP contribution in [0.4, 0.5) is 5.82 Å². The molecule has 0 saturated heterocycles. The highest BCUT2D eigenvalue weighted by Gasteiger charge is 2.28. The van der Waals surface area contributed by atoms with Gasteiger partial charge in [-0.2, -0.15) is 0 Å². The van der Waals surface area contributed by atoms with Gasteiger partial charge >= 0.3 is 0 Å². The van der Waals surface area contributed by atoms with Gasteiger partial charge in [-0.3, -0.25) is 0 Å². The molecule has 2 aromatic heterocycles. The number of pyridine rings is 1. The minimum absolute atomic E-state index is 0.546. The Kier molecular flexibility index (Phi) is 3.85. The van der Waals surface area contributed by atoms with Crippen LogP contribution in [0.2, 0.25) is 0 Å². The smallest absolute Gasteiger partial charge is 0.135 e. The summed E-state index contributed by atoms with van der Waals surface area (Å²) in [6, 6.07) is 4.20. The van der Waals surface area contributed by atoms with E-state index in [4.69, 9.17) is 4.98 Å². The molecule has 0 aliphatic heterocycles. The van der Waals surface area contributed by atoms with Crippen molar-refractivity contribution in [2.45, 2.75) is 49.6 Å². The van der Waals surface area contributed by atoms with Gasteiger partial charge in [0.1, 0.15) is 21.7 Å². The molecule has 1 saturated carbocycles. The van der Waals surface area contributed by atoms with Gasteiger partial charge in [-0.05, 0) is 63.1 Å². The molecule has 1 aliphatic rings. The predicted octanol–water partition coefficient (Wildman–Crippen LogP) is 3.87. The number of hydrogen-bond acceptors (Lipinski definition) is 5. The maximum Gasteiger partial charge on any atom is 0.135 e. The molecule has 1 fully saturated rings. The zero-order valence-electron chi connectivity index (χ0n) is 12.9. The number of nitrogens with zero attached hydrogens (tertiary/aromatic N) is 3. The second-order valence-electron chi connectivity index (χ2n) is 5.61. The fourth-order valence-electron chi connectivity index (χ4n) is 2.34. The predicted molar refractivity (Wildman–Crippen MR) is 86.1 cm³/mol. The summed E-state index contributed by atoms with van der Waals surface area (Å²) in [5.41, 5.74) is 3.36. The van der Waals surface area contributed by atoms with Crippen LogP contribution in [0.25, 0.3) is 0 Å².